The van der Waals surface area contributed by atoms with Gasteiger partial charge in [-0.25, -0.2) is 8.78 Å². The van der Waals surface area contributed by atoms with Crippen LogP contribution in [-0.4, -0.2) is 11.7 Å². The van der Waals surface area contributed by atoms with Crippen LogP contribution in [0.2, 0.25) is 0 Å². The normalized spacial score (nSPS) is 11.3. The molecule has 122 valence electrons. The smallest absolute Gasteiger partial charge is 0.323 e. The molecule has 0 aromatic heterocycles. The molecule has 0 spiro atoms. The molecular formula is C15H10F5NOS. The average molecular weight is 347 g/mol. The van der Waals surface area contributed by atoms with Gasteiger partial charge >= 0.3 is 6.18 Å². The molecular weight excluding hydrogens is 337 g/mol. The van der Waals surface area contributed by atoms with Crippen molar-refractivity contribution in [2.45, 2.75) is 11.1 Å². The minimum Gasteiger partial charge on any atom is -0.323 e. The van der Waals surface area contributed by atoms with E-state index in [1.807, 2.05) is 0 Å². The minimum absolute atomic E-state index is 0.239. The van der Waals surface area contributed by atoms with Gasteiger partial charge in [0.05, 0.1) is 17.0 Å². The standard InChI is InChI=1S/C15H10F5NOS/c16-10-4-5-12(17)13(7-10)21-14(22)8-23-11-3-1-2-9(6-11)15(18,19)20/h1-7H,8H2,(H,21,22). The van der Waals surface area contributed by atoms with Crippen molar-refractivity contribution < 1.29 is 26.7 Å². The number of nitrogens with one attached hydrogen (secondary N) is 1. The van der Waals surface area contributed by atoms with Gasteiger partial charge in [-0.05, 0) is 30.3 Å². The van der Waals surface area contributed by atoms with E-state index in [-0.39, 0.29) is 16.3 Å². The van der Waals surface area contributed by atoms with Crippen LogP contribution in [0.25, 0.3) is 0 Å². The van der Waals surface area contributed by atoms with Crippen LogP contribution in [-0.2, 0) is 11.0 Å². The van der Waals surface area contributed by atoms with Crippen LogP contribution in [0, 0.1) is 11.6 Å². The molecule has 0 aliphatic carbocycles. The van der Waals surface area contributed by atoms with E-state index in [0.29, 0.717) is 0 Å². The third-order valence-corrected chi connectivity index (χ3v) is 3.73. The van der Waals surface area contributed by atoms with Gasteiger partial charge in [0, 0.05) is 11.0 Å². The number of thioether (sulfide) groups is 1. The number of hydrogen-bond donors (Lipinski definition) is 1. The molecule has 1 amide bonds. The molecule has 0 saturated heterocycles. The Bertz CT molecular complexity index is 717. The van der Waals surface area contributed by atoms with Crippen LogP contribution < -0.4 is 5.32 Å². The van der Waals surface area contributed by atoms with E-state index >= 15 is 0 Å². The summed E-state index contributed by atoms with van der Waals surface area (Å²) in [5.74, 6) is -2.41. The molecule has 0 aliphatic rings. The van der Waals surface area contributed by atoms with E-state index in [4.69, 9.17) is 0 Å². The molecule has 0 saturated carbocycles. The molecule has 0 aliphatic heterocycles. The zero-order valence-corrected chi connectivity index (χ0v) is 12.3. The highest BCUT2D eigenvalue weighted by Gasteiger charge is 2.30. The maximum atomic E-state index is 13.4. The Kier molecular flexibility index (Phi) is 5.25. The molecule has 0 atom stereocenters. The number of hydrogen-bond acceptors (Lipinski definition) is 2. The van der Waals surface area contributed by atoms with Crippen molar-refractivity contribution in [1.82, 2.24) is 0 Å². The fourth-order valence-electron chi connectivity index (χ4n) is 1.69. The second-order valence-corrected chi connectivity index (χ2v) is 5.54. The molecule has 8 heteroatoms. The summed E-state index contributed by atoms with van der Waals surface area (Å²) >= 11 is 0.860. The summed E-state index contributed by atoms with van der Waals surface area (Å²) in [4.78, 5) is 11.9. The van der Waals surface area contributed by atoms with E-state index in [1.165, 1.54) is 12.1 Å². The second kappa shape index (κ2) is 6.99. The quantitative estimate of drug-likeness (QED) is 0.641. The van der Waals surface area contributed by atoms with Crippen molar-refractivity contribution in [2.75, 3.05) is 11.1 Å². The van der Waals surface area contributed by atoms with E-state index in [2.05, 4.69) is 5.32 Å². The van der Waals surface area contributed by atoms with Crippen molar-refractivity contribution in [3.8, 4) is 0 Å². The average Bonchev–Trinajstić information content (AvgIpc) is 2.48. The highest BCUT2D eigenvalue weighted by molar-refractivity contribution is 8.00. The van der Waals surface area contributed by atoms with Crippen molar-refractivity contribution in [3.05, 3.63) is 59.7 Å². The van der Waals surface area contributed by atoms with Gasteiger partial charge in [0.25, 0.3) is 0 Å². The first kappa shape index (κ1) is 17.3. The Morgan fingerprint density at radius 3 is 2.52 bits per heavy atom. The highest BCUT2D eigenvalue weighted by Crippen LogP contribution is 2.31. The Labute approximate surface area is 132 Å². The highest BCUT2D eigenvalue weighted by atomic mass is 32.2. The fourth-order valence-corrected chi connectivity index (χ4v) is 2.45. The summed E-state index contributed by atoms with van der Waals surface area (Å²) in [6, 6.07) is 7.09. The monoisotopic (exact) mass is 347 g/mol. The Balaban J connectivity index is 1.98. The van der Waals surface area contributed by atoms with Crippen LogP contribution in [0.1, 0.15) is 5.56 Å². The lowest BCUT2D eigenvalue weighted by Crippen LogP contribution is -2.15. The van der Waals surface area contributed by atoms with Crippen LogP contribution in [0.5, 0.6) is 0 Å². The van der Waals surface area contributed by atoms with E-state index in [1.54, 1.807) is 0 Å². The number of anilines is 1. The van der Waals surface area contributed by atoms with Gasteiger partial charge in [-0.15, -0.1) is 11.8 Å². The Hall–Kier alpha value is -2.09. The summed E-state index contributed by atoms with van der Waals surface area (Å²) in [5, 5.41) is 2.17. The maximum Gasteiger partial charge on any atom is 0.416 e. The number of rotatable bonds is 4. The van der Waals surface area contributed by atoms with Crippen molar-refractivity contribution in [3.63, 3.8) is 0 Å². The fraction of sp³-hybridized carbons (Fsp3) is 0.133. The predicted molar refractivity (Wildman–Crippen MR) is 77.2 cm³/mol. The molecule has 0 unspecified atom stereocenters. The van der Waals surface area contributed by atoms with Gasteiger partial charge in [-0.1, -0.05) is 6.07 Å². The van der Waals surface area contributed by atoms with Crippen LogP contribution in [0.3, 0.4) is 0 Å². The zero-order valence-electron chi connectivity index (χ0n) is 11.5. The molecule has 2 nitrogen and oxygen atoms in total. The summed E-state index contributed by atoms with van der Waals surface area (Å²) in [5.41, 5.74) is -1.14. The number of alkyl halides is 3. The maximum absolute atomic E-state index is 13.4. The molecule has 0 heterocycles. The Morgan fingerprint density at radius 1 is 1.09 bits per heavy atom. The first-order valence-electron chi connectivity index (χ1n) is 6.30. The molecule has 0 radical (unpaired) electrons. The first-order chi connectivity index (χ1) is 10.8. The van der Waals surface area contributed by atoms with Crippen molar-refractivity contribution >= 4 is 23.4 Å². The Morgan fingerprint density at radius 2 is 1.83 bits per heavy atom. The lowest BCUT2D eigenvalue weighted by Gasteiger charge is -2.09. The van der Waals surface area contributed by atoms with Gasteiger partial charge < -0.3 is 5.32 Å². The third-order valence-electron chi connectivity index (χ3n) is 2.73. The van der Waals surface area contributed by atoms with Crippen LogP contribution in [0.15, 0.2) is 47.4 Å². The second-order valence-electron chi connectivity index (χ2n) is 4.49. The lowest BCUT2D eigenvalue weighted by molar-refractivity contribution is -0.137. The van der Waals surface area contributed by atoms with Gasteiger partial charge in [-0.2, -0.15) is 13.2 Å². The number of carbonyl (C=O) groups excluding carboxylic acids is 1. The molecule has 2 rings (SSSR count). The third kappa shape index (κ3) is 4.95. The molecule has 0 bridgehead atoms. The summed E-state index contributed by atoms with van der Waals surface area (Å²) < 4.78 is 64.1. The summed E-state index contributed by atoms with van der Waals surface area (Å²) in [6.45, 7) is 0. The molecule has 2 aromatic rings. The van der Waals surface area contributed by atoms with Crippen molar-refractivity contribution in [2.24, 2.45) is 0 Å². The summed E-state index contributed by atoms with van der Waals surface area (Å²) in [7, 11) is 0. The first-order valence-corrected chi connectivity index (χ1v) is 7.29. The SMILES string of the molecule is O=C(CSc1cccc(C(F)(F)F)c1)Nc1cc(F)ccc1F. The number of benzene rings is 2. The van der Waals surface area contributed by atoms with E-state index in [9.17, 15) is 26.7 Å². The molecule has 0 fully saturated rings. The number of carbonyl (C=O) groups is 1. The summed E-state index contributed by atoms with van der Waals surface area (Å²) in [6.07, 6.45) is -4.47. The van der Waals surface area contributed by atoms with Gasteiger partial charge in [0.2, 0.25) is 5.91 Å². The van der Waals surface area contributed by atoms with Crippen LogP contribution in [0.4, 0.5) is 27.6 Å². The number of halogens is 5. The van der Waals surface area contributed by atoms with Gasteiger partial charge in [0.15, 0.2) is 0 Å². The van der Waals surface area contributed by atoms with E-state index < -0.39 is 29.3 Å². The topological polar surface area (TPSA) is 29.1 Å². The molecule has 2 aromatic carbocycles. The molecule has 1 N–H and O–H groups in total. The lowest BCUT2D eigenvalue weighted by atomic mass is 10.2. The van der Waals surface area contributed by atoms with E-state index in [0.717, 1.165) is 42.1 Å². The minimum atomic E-state index is -4.47. The van der Waals surface area contributed by atoms with Gasteiger partial charge in [-0.3, -0.25) is 4.79 Å². The zero-order chi connectivity index (χ0) is 17.0. The largest absolute Gasteiger partial charge is 0.416 e. The van der Waals surface area contributed by atoms with Crippen LogP contribution >= 0.6 is 11.8 Å². The number of amides is 1. The predicted octanol–water partition coefficient (Wildman–Crippen LogP) is 4.71. The van der Waals surface area contributed by atoms with Gasteiger partial charge in [0.1, 0.15) is 11.6 Å². The molecule has 23 heavy (non-hydrogen) atoms. The van der Waals surface area contributed by atoms with Crippen molar-refractivity contribution in [1.29, 1.82) is 0 Å².